The second-order valence-corrected chi connectivity index (χ2v) is 2.77. The zero-order valence-electron chi connectivity index (χ0n) is 8.77. The molecule has 0 aromatic rings. The molecular formula is C8H16N2O4. The minimum absolute atomic E-state index is 0.172. The van der Waals surface area contributed by atoms with Crippen molar-refractivity contribution in [1.29, 1.82) is 0 Å². The summed E-state index contributed by atoms with van der Waals surface area (Å²) in [5.41, 5.74) is 5.21. The summed E-state index contributed by atoms with van der Waals surface area (Å²) >= 11 is 0. The molecule has 0 aliphatic carbocycles. The van der Waals surface area contributed by atoms with Gasteiger partial charge in [-0.25, -0.2) is 0 Å². The summed E-state index contributed by atoms with van der Waals surface area (Å²) in [5.74, 6) is -2.22. The second kappa shape index (κ2) is 7.28. The lowest BCUT2D eigenvalue weighted by molar-refractivity contribution is -0.140. The Morgan fingerprint density at radius 3 is 2.57 bits per heavy atom. The molecule has 6 nitrogen and oxygen atoms in total. The van der Waals surface area contributed by atoms with E-state index in [1.165, 1.54) is 0 Å². The molecule has 0 saturated carbocycles. The highest BCUT2D eigenvalue weighted by molar-refractivity contribution is 5.75. The molecule has 0 radical (unpaired) electrons. The number of hydrogen-bond donors (Lipinski definition) is 4. The molecule has 0 amide bonds. The van der Waals surface area contributed by atoms with Crippen LogP contribution in [-0.4, -0.2) is 41.3 Å². The molecule has 1 unspecified atom stereocenters. The van der Waals surface area contributed by atoms with Gasteiger partial charge in [-0.05, 0) is 19.4 Å². The summed E-state index contributed by atoms with van der Waals surface area (Å²) in [7, 11) is 0. The molecule has 0 aliphatic rings. The van der Waals surface area contributed by atoms with Crippen LogP contribution in [0.4, 0.5) is 0 Å². The predicted octanol–water partition coefficient (Wildman–Crippen LogP) is -0.757. The van der Waals surface area contributed by atoms with Crippen LogP contribution in [0.5, 0.6) is 0 Å². The predicted molar refractivity (Wildman–Crippen MR) is 50.0 cm³/mol. The molecule has 0 heterocycles. The van der Waals surface area contributed by atoms with Crippen LogP contribution < -0.4 is 11.1 Å². The van der Waals surface area contributed by atoms with Gasteiger partial charge in [0.1, 0.15) is 6.04 Å². The minimum Gasteiger partial charge on any atom is -0.480 e. The van der Waals surface area contributed by atoms with Crippen LogP contribution in [0.2, 0.25) is 0 Å². The highest BCUT2D eigenvalue weighted by Gasteiger charge is 2.16. The molecule has 82 valence electrons. The van der Waals surface area contributed by atoms with Gasteiger partial charge in [-0.2, -0.15) is 0 Å². The van der Waals surface area contributed by atoms with Crippen LogP contribution in [0.15, 0.2) is 0 Å². The van der Waals surface area contributed by atoms with E-state index in [0.717, 1.165) is 0 Å². The van der Waals surface area contributed by atoms with Crippen molar-refractivity contribution in [3.63, 3.8) is 0 Å². The van der Waals surface area contributed by atoms with E-state index < -0.39 is 30.9 Å². The standard InChI is InChI=1S/C8H16N2O4/c9-4-2-1-3-6(8(13)14)10-5-7(11)12/h6,10H,1-5,9H2,(H,11,12)(H,13,14)/t6-/m0/s1/i2D/t2?,6-. The quantitative estimate of drug-likeness (QED) is 0.414. The summed E-state index contributed by atoms with van der Waals surface area (Å²) in [6.45, 7) is -0.229. The molecule has 5 N–H and O–H groups in total. The number of nitrogens with one attached hydrogen (secondary N) is 1. The Morgan fingerprint density at radius 1 is 1.50 bits per heavy atom. The van der Waals surface area contributed by atoms with E-state index in [-0.39, 0.29) is 13.0 Å². The Balaban J connectivity index is 3.94. The van der Waals surface area contributed by atoms with Crippen molar-refractivity contribution in [3.8, 4) is 0 Å². The third-order valence-electron chi connectivity index (χ3n) is 1.62. The van der Waals surface area contributed by atoms with Crippen molar-refractivity contribution in [2.75, 3.05) is 13.1 Å². The summed E-state index contributed by atoms with van der Waals surface area (Å²) in [6, 6.07) is -0.930. The normalized spacial score (nSPS) is 15.6. The Kier molecular flexibility index (Phi) is 5.69. The SMILES string of the molecule is [2H]C(CN)CC[C@H](NCC(=O)O)C(=O)O. The van der Waals surface area contributed by atoms with Crippen molar-refractivity contribution >= 4 is 11.9 Å². The lowest BCUT2D eigenvalue weighted by Gasteiger charge is -2.12. The van der Waals surface area contributed by atoms with Crippen molar-refractivity contribution in [2.24, 2.45) is 5.73 Å². The molecule has 14 heavy (non-hydrogen) atoms. The summed E-state index contributed by atoms with van der Waals surface area (Å²) < 4.78 is 7.31. The molecule has 2 atom stereocenters. The van der Waals surface area contributed by atoms with Crippen LogP contribution >= 0.6 is 0 Å². The molecule has 0 aliphatic heterocycles. The van der Waals surface area contributed by atoms with Crippen molar-refractivity contribution in [2.45, 2.75) is 25.3 Å². The largest absolute Gasteiger partial charge is 0.480 e. The van der Waals surface area contributed by atoms with Crippen molar-refractivity contribution < 1.29 is 21.2 Å². The van der Waals surface area contributed by atoms with Crippen LogP contribution in [0, 0.1) is 0 Å². The van der Waals surface area contributed by atoms with Crippen LogP contribution in [0.3, 0.4) is 0 Å². The van der Waals surface area contributed by atoms with E-state index in [1.54, 1.807) is 0 Å². The van der Waals surface area contributed by atoms with Gasteiger partial charge < -0.3 is 15.9 Å². The number of rotatable bonds is 8. The van der Waals surface area contributed by atoms with Gasteiger partial charge in [0.25, 0.3) is 0 Å². The Hall–Kier alpha value is -1.14. The van der Waals surface area contributed by atoms with Gasteiger partial charge in [0, 0.05) is 1.37 Å². The summed E-state index contributed by atoms with van der Waals surface area (Å²) in [4.78, 5) is 20.9. The van der Waals surface area contributed by atoms with E-state index >= 15 is 0 Å². The van der Waals surface area contributed by atoms with Gasteiger partial charge in [0.2, 0.25) is 0 Å². The molecule has 0 aromatic heterocycles. The van der Waals surface area contributed by atoms with E-state index in [1.807, 2.05) is 0 Å². The lowest BCUT2D eigenvalue weighted by atomic mass is 10.1. The van der Waals surface area contributed by atoms with E-state index in [9.17, 15) is 9.59 Å². The first kappa shape index (κ1) is 10.9. The Morgan fingerprint density at radius 2 is 2.14 bits per heavy atom. The average Bonchev–Trinajstić information content (AvgIpc) is 2.16. The first-order valence-electron chi connectivity index (χ1n) is 4.85. The maximum Gasteiger partial charge on any atom is 0.320 e. The van der Waals surface area contributed by atoms with Gasteiger partial charge in [-0.1, -0.05) is 6.42 Å². The number of carboxylic acid groups (broad SMARTS) is 2. The van der Waals surface area contributed by atoms with Crippen molar-refractivity contribution in [1.82, 2.24) is 5.32 Å². The molecular weight excluding hydrogens is 188 g/mol. The van der Waals surface area contributed by atoms with E-state index in [4.69, 9.17) is 17.3 Å². The third kappa shape index (κ3) is 6.38. The Bertz CT molecular complexity index is 225. The fourth-order valence-electron chi connectivity index (χ4n) is 0.926. The number of aliphatic carboxylic acids is 2. The third-order valence-corrected chi connectivity index (χ3v) is 1.62. The Labute approximate surface area is 83.5 Å². The molecule has 0 bridgehead atoms. The number of carboxylic acids is 2. The van der Waals surface area contributed by atoms with Crippen LogP contribution in [0.1, 0.15) is 20.6 Å². The summed E-state index contributed by atoms with van der Waals surface area (Å²) in [5, 5.41) is 19.5. The summed E-state index contributed by atoms with van der Waals surface area (Å²) in [6.07, 6.45) is 0.0344. The number of nitrogens with two attached hydrogens (primary N) is 1. The lowest BCUT2D eigenvalue weighted by Crippen LogP contribution is -2.39. The zero-order chi connectivity index (χ0) is 11.8. The monoisotopic (exact) mass is 205 g/mol. The number of hydrogen-bond acceptors (Lipinski definition) is 4. The van der Waals surface area contributed by atoms with Crippen LogP contribution in [-0.2, 0) is 9.59 Å². The van der Waals surface area contributed by atoms with E-state index in [2.05, 4.69) is 5.32 Å². The van der Waals surface area contributed by atoms with Gasteiger partial charge in [0.05, 0.1) is 6.54 Å². The first-order valence-corrected chi connectivity index (χ1v) is 4.27. The van der Waals surface area contributed by atoms with Crippen LogP contribution in [0.25, 0.3) is 0 Å². The molecule has 0 rings (SSSR count). The molecule has 0 fully saturated rings. The smallest absolute Gasteiger partial charge is 0.320 e. The first-order chi connectivity index (χ1) is 6.97. The highest BCUT2D eigenvalue weighted by atomic mass is 16.4. The molecule has 0 aromatic carbocycles. The van der Waals surface area contributed by atoms with Gasteiger partial charge in [-0.15, -0.1) is 0 Å². The molecule has 0 saturated heterocycles. The van der Waals surface area contributed by atoms with E-state index in [0.29, 0.717) is 6.42 Å². The zero-order valence-corrected chi connectivity index (χ0v) is 7.77. The molecule has 6 heteroatoms. The highest BCUT2D eigenvalue weighted by Crippen LogP contribution is 2.00. The fraction of sp³-hybridized carbons (Fsp3) is 0.750. The topological polar surface area (TPSA) is 113 Å². The fourth-order valence-corrected chi connectivity index (χ4v) is 0.926. The maximum atomic E-state index is 10.7. The second-order valence-electron chi connectivity index (χ2n) is 2.77. The van der Waals surface area contributed by atoms with Crippen molar-refractivity contribution in [3.05, 3.63) is 0 Å². The van der Waals surface area contributed by atoms with Gasteiger partial charge >= 0.3 is 11.9 Å². The number of carbonyl (C=O) groups is 2. The maximum absolute atomic E-state index is 10.7. The minimum atomic E-state index is -1.11. The average molecular weight is 205 g/mol. The van der Waals surface area contributed by atoms with Gasteiger partial charge in [-0.3, -0.25) is 14.9 Å². The van der Waals surface area contributed by atoms with Gasteiger partial charge in [0.15, 0.2) is 0 Å². The molecule has 0 spiro atoms.